The summed E-state index contributed by atoms with van der Waals surface area (Å²) in [6, 6.07) is 6.73. The van der Waals surface area contributed by atoms with Gasteiger partial charge in [0.15, 0.2) is 0 Å². The van der Waals surface area contributed by atoms with Crippen molar-refractivity contribution in [3.05, 3.63) is 35.6 Å². The lowest BCUT2D eigenvalue weighted by Crippen LogP contribution is -2.09. The maximum Gasteiger partial charge on any atom is 0.339 e. The molecular formula is C15H17NO4. The minimum absolute atomic E-state index is 0.102. The summed E-state index contributed by atoms with van der Waals surface area (Å²) in [6.45, 7) is 6.07. The van der Waals surface area contributed by atoms with Gasteiger partial charge in [0.25, 0.3) is 0 Å². The van der Waals surface area contributed by atoms with Gasteiger partial charge in [-0.05, 0) is 18.2 Å². The third-order valence-electron chi connectivity index (χ3n) is 2.98. The molecule has 1 aromatic heterocycles. The van der Waals surface area contributed by atoms with Crippen molar-refractivity contribution in [3.63, 3.8) is 0 Å². The molecule has 0 atom stereocenters. The van der Waals surface area contributed by atoms with Gasteiger partial charge in [-0.15, -0.1) is 0 Å². The molecule has 2 rings (SSSR count). The van der Waals surface area contributed by atoms with Crippen LogP contribution in [0.2, 0.25) is 0 Å². The molecule has 20 heavy (non-hydrogen) atoms. The summed E-state index contributed by atoms with van der Waals surface area (Å²) in [5.41, 5.74) is 1.25. The van der Waals surface area contributed by atoms with Gasteiger partial charge in [-0.1, -0.05) is 25.9 Å². The second kappa shape index (κ2) is 5.00. The molecule has 5 nitrogen and oxygen atoms in total. The number of ether oxygens (including phenoxy) is 1. The second-order valence-corrected chi connectivity index (χ2v) is 5.55. The third kappa shape index (κ3) is 2.66. The molecule has 0 bridgehead atoms. The van der Waals surface area contributed by atoms with E-state index in [1.54, 1.807) is 12.1 Å². The number of carboxylic acids is 1. The predicted octanol–water partition coefficient (Wildman–Crippen LogP) is 3.35. The van der Waals surface area contributed by atoms with Crippen LogP contribution < -0.4 is 4.74 Å². The second-order valence-electron chi connectivity index (χ2n) is 5.55. The Hall–Kier alpha value is -2.30. The summed E-state index contributed by atoms with van der Waals surface area (Å²) >= 11 is 0. The largest absolute Gasteiger partial charge is 0.496 e. The molecule has 1 N–H and O–H groups in total. The van der Waals surface area contributed by atoms with Crippen LogP contribution >= 0.6 is 0 Å². The van der Waals surface area contributed by atoms with Gasteiger partial charge in [-0.3, -0.25) is 0 Å². The molecule has 1 heterocycles. The number of hydrogen-bond donors (Lipinski definition) is 1. The molecule has 0 aliphatic rings. The number of rotatable bonds is 3. The Labute approximate surface area is 117 Å². The van der Waals surface area contributed by atoms with E-state index in [1.807, 2.05) is 26.8 Å². The van der Waals surface area contributed by atoms with Gasteiger partial charge >= 0.3 is 5.97 Å². The average Bonchev–Trinajstić information content (AvgIpc) is 2.87. The summed E-state index contributed by atoms with van der Waals surface area (Å²) in [5, 5.41) is 13.2. The van der Waals surface area contributed by atoms with Gasteiger partial charge in [-0.2, -0.15) is 0 Å². The van der Waals surface area contributed by atoms with Crippen molar-refractivity contribution < 1.29 is 19.2 Å². The molecule has 106 valence electrons. The minimum Gasteiger partial charge on any atom is -0.496 e. The van der Waals surface area contributed by atoms with E-state index < -0.39 is 5.97 Å². The molecule has 0 fully saturated rings. The van der Waals surface area contributed by atoms with E-state index in [9.17, 15) is 9.90 Å². The number of hydrogen-bond acceptors (Lipinski definition) is 4. The Balaban J connectivity index is 2.46. The number of carbonyl (C=O) groups is 1. The van der Waals surface area contributed by atoms with E-state index in [0.717, 1.165) is 5.76 Å². The van der Waals surface area contributed by atoms with Crippen LogP contribution in [0, 0.1) is 0 Å². The Morgan fingerprint density at radius 2 is 2.00 bits per heavy atom. The Morgan fingerprint density at radius 3 is 2.50 bits per heavy atom. The van der Waals surface area contributed by atoms with E-state index in [4.69, 9.17) is 9.26 Å². The van der Waals surface area contributed by atoms with Crippen molar-refractivity contribution in [3.8, 4) is 17.0 Å². The molecule has 0 radical (unpaired) electrons. The number of methoxy groups -OCH3 is 1. The molecule has 0 saturated carbocycles. The van der Waals surface area contributed by atoms with E-state index in [2.05, 4.69) is 5.16 Å². The first kappa shape index (κ1) is 14.1. The first-order valence-electron chi connectivity index (χ1n) is 6.22. The molecule has 0 spiro atoms. The van der Waals surface area contributed by atoms with E-state index in [1.165, 1.54) is 13.2 Å². The van der Waals surface area contributed by atoms with Crippen LogP contribution in [-0.2, 0) is 5.41 Å². The van der Waals surface area contributed by atoms with Gasteiger partial charge in [0.05, 0.1) is 7.11 Å². The maximum absolute atomic E-state index is 11.2. The Morgan fingerprint density at radius 1 is 1.30 bits per heavy atom. The van der Waals surface area contributed by atoms with Crippen LogP contribution in [0.1, 0.15) is 36.9 Å². The lowest BCUT2D eigenvalue weighted by atomic mass is 9.93. The highest BCUT2D eigenvalue weighted by atomic mass is 16.5. The zero-order valence-electron chi connectivity index (χ0n) is 11.9. The molecular weight excluding hydrogens is 258 g/mol. The summed E-state index contributed by atoms with van der Waals surface area (Å²) < 4.78 is 10.3. The van der Waals surface area contributed by atoms with Crippen LogP contribution in [0.25, 0.3) is 11.3 Å². The summed E-state index contributed by atoms with van der Waals surface area (Å²) in [5.74, 6) is 0.0317. The van der Waals surface area contributed by atoms with Gasteiger partial charge < -0.3 is 14.4 Å². The highest BCUT2D eigenvalue weighted by Gasteiger charge is 2.21. The fourth-order valence-electron chi connectivity index (χ4n) is 1.80. The zero-order chi connectivity index (χ0) is 14.9. The van der Waals surface area contributed by atoms with Crippen molar-refractivity contribution in [2.24, 2.45) is 0 Å². The topological polar surface area (TPSA) is 72.6 Å². The molecule has 2 aromatic rings. The molecule has 0 saturated heterocycles. The average molecular weight is 275 g/mol. The third-order valence-corrected chi connectivity index (χ3v) is 2.98. The first-order chi connectivity index (χ1) is 9.32. The van der Waals surface area contributed by atoms with Crippen molar-refractivity contribution in [1.29, 1.82) is 0 Å². The predicted molar refractivity (Wildman–Crippen MR) is 74.2 cm³/mol. The van der Waals surface area contributed by atoms with Crippen LogP contribution in [0.3, 0.4) is 0 Å². The van der Waals surface area contributed by atoms with Crippen LogP contribution in [0.15, 0.2) is 28.8 Å². The fraction of sp³-hybridized carbons (Fsp3) is 0.333. The van der Waals surface area contributed by atoms with E-state index >= 15 is 0 Å². The van der Waals surface area contributed by atoms with Gasteiger partial charge in [0.2, 0.25) is 0 Å². The molecule has 0 amide bonds. The van der Waals surface area contributed by atoms with Crippen molar-refractivity contribution >= 4 is 5.97 Å². The number of aromatic carboxylic acids is 1. The summed E-state index contributed by atoms with van der Waals surface area (Å²) in [6.07, 6.45) is 0. The van der Waals surface area contributed by atoms with E-state index in [0.29, 0.717) is 17.0 Å². The lowest BCUT2D eigenvalue weighted by molar-refractivity contribution is 0.0693. The van der Waals surface area contributed by atoms with Crippen molar-refractivity contribution in [1.82, 2.24) is 5.16 Å². The standard InChI is InChI=1S/C15H17NO4/c1-15(2,3)13-8-11(16-20-13)9-5-6-12(19-4)10(7-9)14(17)18/h5-8H,1-4H3,(H,17,18). The van der Waals surface area contributed by atoms with Crippen LogP contribution in [0.4, 0.5) is 0 Å². The molecule has 0 aliphatic carbocycles. The highest BCUT2D eigenvalue weighted by Crippen LogP contribution is 2.30. The zero-order valence-corrected chi connectivity index (χ0v) is 11.9. The quantitative estimate of drug-likeness (QED) is 0.930. The van der Waals surface area contributed by atoms with Crippen LogP contribution in [0.5, 0.6) is 5.75 Å². The summed E-state index contributed by atoms with van der Waals surface area (Å²) in [4.78, 5) is 11.2. The molecule has 5 heteroatoms. The number of benzene rings is 1. The summed E-state index contributed by atoms with van der Waals surface area (Å²) in [7, 11) is 1.44. The number of aromatic nitrogens is 1. The molecule has 1 aromatic carbocycles. The number of carboxylic acid groups (broad SMARTS) is 1. The van der Waals surface area contributed by atoms with Gasteiger partial charge in [0.1, 0.15) is 22.8 Å². The van der Waals surface area contributed by atoms with E-state index in [-0.39, 0.29) is 11.0 Å². The number of nitrogens with zero attached hydrogens (tertiary/aromatic N) is 1. The van der Waals surface area contributed by atoms with Crippen molar-refractivity contribution in [2.45, 2.75) is 26.2 Å². The molecule has 0 unspecified atom stereocenters. The van der Waals surface area contributed by atoms with Crippen molar-refractivity contribution in [2.75, 3.05) is 7.11 Å². The Bertz CT molecular complexity index is 638. The Kier molecular flexibility index (Phi) is 3.53. The monoisotopic (exact) mass is 275 g/mol. The normalized spacial score (nSPS) is 11.4. The van der Waals surface area contributed by atoms with Gasteiger partial charge in [-0.25, -0.2) is 4.79 Å². The van der Waals surface area contributed by atoms with Gasteiger partial charge in [0, 0.05) is 17.0 Å². The highest BCUT2D eigenvalue weighted by molar-refractivity contribution is 5.92. The smallest absolute Gasteiger partial charge is 0.339 e. The molecule has 0 aliphatic heterocycles. The van der Waals surface area contributed by atoms with Crippen LogP contribution in [-0.4, -0.2) is 23.3 Å². The fourth-order valence-corrected chi connectivity index (χ4v) is 1.80. The minimum atomic E-state index is -1.04. The SMILES string of the molecule is COc1ccc(-c2cc(C(C)(C)C)on2)cc1C(=O)O. The first-order valence-corrected chi connectivity index (χ1v) is 6.22. The lowest BCUT2D eigenvalue weighted by Gasteiger charge is -2.12. The maximum atomic E-state index is 11.2.